The molecule has 11 heteroatoms. The molecule has 1 aliphatic carbocycles. The van der Waals surface area contributed by atoms with E-state index in [-0.39, 0.29) is 25.0 Å². The number of carbonyl (C=O) groups excluding carboxylic acids is 1. The number of alkyl halides is 3. The number of halogens is 3. The Kier molecular flexibility index (Phi) is 6.17. The number of nitrogens with zero attached hydrogens (tertiary/aromatic N) is 4. The summed E-state index contributed by atoms with van der Waals surface area (Å²) in [6, 6.07) is 11.7. The monoisotopic (exact) mass is 528 g/mol. The van der Waals surface area contributed by atoms with Gasteiger partial charge >= 0.3 is 6.36 Å². The highest BCUT2D eigenvalue weighted by Gasteiger charge is 2.56. The number of hydrogen-bond donors (Lipinski definition) is 0. The van der Waals surface area contributed by atoms with Crippen LogP contribution < -0.4 is 14.2 Å². The quantitative estimate of drug-likeness (QED) is 0.439. The molecule has 3 aliphatic rings. The zero-order chi connectivity index (χ0) is 26.4. The van der Waals surface area contributed by atoms with E-state index >= 15 is 0 Å². The SMILES string of the molecule is Cn1cnc(C(=O)N(Cc2cccc(OC(F)(F)F)c2)CC2C3CN(Cc4cccc5c4OCO5)CC32)c1. The van der Waals surface area contributed by atoms with Crippen LogP contribution in [0, 0.1) is 17.8 Å². The van der Waals surface area contributed by atoms with Crippen molar-refractivity contribution in [1.29, 1.82) is 0 Å². The summed E-state index contributed by atoms with van der Waals surface area (Å²) < 4.78 is 55.1. The van der Waals surface area contributed by atoms with E-state index in [0.717, 1.165) is 36.7 Å². The van der Waals surface area contributed by atoms with E-state index in [1.165, 1.54) is 18.2 Å². The number of rotatable bonds is 8. The van der Waals surface area contributed by atoms with Crippen molar-refractivity contribution in [2.75, 3.05) is 26.4 Å². The van der Waals surface area contributed by atoms with Crippen molar-refractivity contribution in [3.63, 3.8) is 0 Å². The Hall–Kier alpha value is -3.73. The Morgan fingerprint density at radius 3 is 2.68 bits per heavy atom. The predicted octanol–water partition coefficient (Wildman–Crippen LogP) is 4.07. The van der Waals surface area contributed by atoms with Crippen LogP contribution in [-0.4, -0.2) is 58.0 Å². The third-order valence-corrected chi connectivity index (χ3v) is 7.47. The minimum atomic E-state index is -4.78. The van der Waals surface area contributed by atoms with Crippen molar-refractivity contribution in [3.8, 4) is 17.2 Å². The third kappa shape index (κ3) is 5.15. The molecule has 3 heterocycles. The fraction of sp³-hybridized carbons (Fsp3) is 0.407. The summed E-state index contributed by atoms with van der Waals surface area (Å²) in [4.78, 5) is 21.7. The smallest absolute Gasteiger partial charge is 0.454 e. The number of hydrogen-bond acceptors (Lipinski definition) is 6. The van der Waals surface area contributed by atoms with Crippen LogP contribution in [0.5, 0.6) is 17.2 Å². The lowest BCUT2D eigenvalue weighted by Gasteiger charge is -2.25. The van der Waals surface area contributed by atoms with Gasteiger partial charge in [0.15, 0.2) is 11.5 Å². The first-order chi connectivity index (χ1) is 18.2. The molecule has 8 nitrogen and oxygen atoms in total. The number of imidazole rings is 1. The molecule has 0 radical (unpaired) electrons. The third-order valence-electron chi connectivity index (χ3n) is 7.47. The standard InChI is InChI=1S/C27H27F3N4O4/c1-32-14-23(31-15-32)26(35)34(9-17-4-2-6-19(8-17)38-27(28,29)30)13-22-20-11-33(12-21(20)22)10-18-5-3-7-24-25(18)37-16-36-24/h2-8,14-15,20-22H,9-13,16H2,1H3. The van der Waals surface area contributed by atoms with Gasteiger partial charge in [-0.05, 0) is 41.5 Å². The van der Waals surface area contributed by atoms with Gasteiger partial charge in [-0.1, -0.05) is 24.3 Å². The molecule has 0 spiro atoms. The van der Waals surface area contributed by atoms with E-state index in [4.69, 9.17) is 9.47 Å². The summed E-state index contributed by atoms with van der Waals surface area (Å²) in [7, 11) is 1.78. The lowest BCUT2D eigenvalue weighted by molar-refractivity contribution is -0.274. The van der Waals surface area contributed by atoms with Crippen LogP contribution in [0.2, 0.25) is 0 Å². The predicted molar refractivity (Wildman–Crippen MR) is 129 cm³/mol. The Balaban J connectivity index is 1.12. The van der Waals surface area contributed by atoms with Crippen molar-refractivity contribution in [2.45, 2.75) is 19.5 Å². The van der Waals surface area contributed by atoms with Gasteiger partial charge in [0.1, 0.15) is 11.4 Å². The Bertz CT molecular complexity index is 1330. The molecule has 200 valence electrons. The molecule has 2 fully saturated rings. The maximum absolute atomic E-state index is 13.4. The van der Waals surface area contributed by atoms with Crippen LogP contribution >= 0.6 is 0 Å². The van der Waals surface area contributed by atoms with Crippen LogP contribution in [0.4, 0.5) is 13.2 Å². The van der Waals surface area contributed by atoms with E-state index in [1.807, 2.05) is 12.1 Å². The van der Waals surface area contributed by atoms with E-state index < -0.39 is 6.36 Å². The first-order valence-corrected chi connectivity index (χ1v) is 12.5. The fourth-order valence-corrected chi connectivity index (χ4v) is 5.71. The lowest BCUT2D eigenvalue weighted by Crippen LogP contribution is -2.35. The number of carbonyl (C=O) groups is 1. The molecule has 38 heavy (non-hydrogen) atoms. The summed E-state index contributed by atoms with van der Waals surface area (Å²) in [6.07, 6.45) is -1.57. The van der Waals surface area contributed by atoms with Crippen molar-refractivity contribution >= 4 is 5.91 Å². The van der Waals surface area contributed by atoms with Gasteiger partial charge in [0.25, 0.3) is 5.91 Å². The van der Waals surface area contributed by atoms with Gasteiger partial charge in [-0.3, -0.25) is 9.69 Å². The Labute approximate surface area is 217 Å². The molecule has 1 saturated heterocycles. The molecule has 1 saturated carbocycles. The minimum absolute atomic E-state index is 0.164. The van der Waals surface area contributed by atoms with Crippen molar-refractivity contribution in [3.05, 3.63) is 71.8 Å². The summed E-state index contributed by atoms with van der Waals surface area (Å²) in [5, 5.41) is 0. The normalized spacial score (nSPS) is 21.8. The maximum Gasteiger partial charge on any atom is 0.573 e. The highest BCUT2D eigenvalue weighted by Crippen LogP contribution is 2.53. The van der Waals surface area contributed by atoms with Gasteiger partial charge in [-0.2, -0.15) is 0 Å². The van der Waals surface area contributed by atoms with Crippen LogP contribution in [0.3, 0.4) is 0 Å². The first-order valence-electron chi connectivity index (χ1n) is 12.5. The second kappa shape index (κ2) is 9.54. The molecule has 0 bridgehead atoms. The summed E-state index contributed by atoms with van der Waals surface area (Å²) in [6.45, 7) is 3.53. The van der Waals surface area contributed by atoms with Gasteiger partial charge in [-0.15, -0.1) is 13.2 Å². The molecule has 1 aromatic heterocycles. The molecular formula is C27H27F3N4O4. The number of aromatic nitrogens is 2. The zero-order valence-corrected chi connectivity index (χ0v) is 20.7. The number of para-hydroxylation sites is 1. The zero-order valence-electron chi connectivity index (χ0n) is 20.7. The molecular weight excluding hydrogens is 501 g/mol. The van der Waals surface area contributed by atoms with E-state index in [9.17, 15) is 18.0 Å². The highest BCUT2D eigenvalue weighted by atomic mass is 19.4. The van der Waals surface area contributed by atoms with E-state index in [0.29, 0.717) is 35.6 Å². The minimum Gasteiger partial charge on any atom is -0.454 e. The average molecular weight is 529 g/mol. The largest absolute Gasteiger partial charge is 0.573 e. The molecule has 3 aromatic rings. The topological polar surface area (TPSA) is 69.1 Å². The first kappa shape index (κ1) is 24.6. The number of aryl methyl sites for hydroxylation is 1. The van der Waals surface area contributed by atoms with Crippen LogP contribution in [0.15, 0.2) is 55.0 Å². The lowest BCUT2D eigenvalue weighted by atomic mass is 10.1. The fourth-order valence-electron chi connectivity index (χ4n) is 5.71. The highest BCUT2D eigenvalue weighted by molar-refractivity contribution is 5.92. The number of fused-ring (bicyclic) bond motifs is 2. The van der Waals surface area contributed by atoms with Crippen molar-refractivity contribution < 1.29 is 32.2 Å². The second-order valence-electron chi connectivity index (χ2n) is 10.1. The summed E-state index contributed by atoms with van der Waals surface area (Å²) >= 11 is 0. The number of benzene rings is 2. The molecule has 6 rings (SSSR count). The molecule has 0 N–H and O–H groups in total. The summed E-state index contributed by atoms with van der Waals surface area (Å²) in [5.74, 6) is 2.29. The van der Waals surface area contributed by atoms with Crippen molar-refractivity contribution in [2.24, 2.45) is 24.8 Å². The van der Waals surface area contributed by atoms with Crippen LogP contribution in [0.25, 0.3) is 0 Å². The number of amides is 1. The number of likely N-dealkylation sites (tertiary alicyclic amines) is 1. The number of piperidine rings is 1. The van der Waals surface area contributed by atoms with Crippen molar-refractivity contribution in [1.82, 2.24) is 19.4 Å². The Morgan fingerprint density at radius 2 is 1.95 bits per heavy atom. The van der Waals surface area contributed by atoms with Crippen LogP contribution in [0.1, 0.15) is 21.6 Å². The Morgan fingerprint density at radius 1 is 1.16 bits per heavy atom. The molecule has 2 aromatic carbocycles. The van der Waals surface area contributed by atoms with Gasteiger partial charge in [0.2, 0.25) is 6.79 Å². The molecule has 2 atom stereocenters. The maximum atomic E-state index is 13.4. The molecule has 2 aliphatic heterocycles. The van der Waals surface area contributed by atoms with Gasteiger partial charge < -0.3 is 23.7 Å². The van der Waals surface area contributed by atoms with Gasteiger partial charge in [-0.25, -0.2) is 4.98 Å². The average Bonchev–Trinajstić information content (AvgIpc) is 3.35. The molecule has 2 unspecified atom stereocenters. The van der Waals surface area contributed by atoms with E-state index in [2.05, 4.69) is 20.7 Å². The second-order valence-corrected chi connectivity index (χ2v) is 10.1. The summed E-state index contributed by atoms with van der Waals surface area (Å²) in [5.41, 5.74) is 1.97. The number of ether oxygens (including phenoxy) is 3. The molecule has 1 amide bonds. The van der Waals surface area contributed by atoms with Gasteiger partial charge in [0.05, 0.1) is 6.33 Å². The van der Waals surface area contributed by atoms with E-state index in [1.54, 1.807) is 35.1 Å². The van der Waals surface area contributed by atoms with Crippen LogP contribution in [-0.2, 0) is 20.1 Å². The van der Waals surface area contributed by atoms with Gasteiger partial charge in [0, 0.05) is 51.5 Å².